The van der Waals surface area contributed by atoms with E-state index in [1.807, 2.05) is 54.6 Å². The minimum atomic E-state index is -3.32. The van der Waals surface area contributed by atoms with E-state index in [4.69, 9.17) is 0 Å². The number of carbonyl (C=O) groups excluding carboxylic acids is 2. The smallest absolute Gasteiger partial charge is 0.251 e. The Hall–Kier alpha value is -3.60. The number of benzene rings is 3. The van der Waals surface area contributed by atoms with Gasteiger partial charge in [0.2, 0.25) is 15.9 Å². The van der Waals surface area contributed by atoms with Crippen LogP contribution in [0.3, 0.4) is 0 Å². The van der Waals surface area contributed by atoms with E-state index in [-0.39, 0.29) is 43.8 Å². The molecule has 0 unspecified atom stereocenters. The summed E-state index contributed by atoms with van der Waals surface area (Å²) >= 11 is 0. The first-order valence-electron chi connectivity index (χ1n) is 14.9. The first kappa shape index (κ1) is 30.8. The Balaban J connectivity index is 1.16. The number of piperazine rings is 1. The largest absolute Gasteiger partial charge is 0.340 e. The van der Waals surface area contributed by atoms with E-state index < -0.39 is 16.1 Å². The number of halogens is 1. The summed E-state index contributed by atoms with van der Waals surface area (Å²) in [5.74, 6) is -0.334. The fraction of sp³-hybridized carbons (Fsp3) is 0.394. The molecule has 2 aliphatic rings. The van der Waals surface area contributed by atoms with Crippen LogP contribution in [-0.4, -0.2) is 80.5 Å². The van der Waals surface area contributed by atoms with Gasteiger partial charge in [-0.25, -0.2) is 12.8 Å². The van der Waals surface area contributed by atoms with Crippen molar-refractivity contribution in [3.63, 3.8) is 0 Å². The second kappa shape index (κ2) is 13.8. The third-order valence-electron chi connectivity index (χ3n) is 8.29. The van der Waals surface area contributed by atoms with Gasteiger partial charge in [-0.05, 0) is 73.2 Å². The lowest BCUT2D eigenvalue weighted by molar-refractivity contribution is -0.134. The maximum absolute atomic E-state index is 13.6. The second-order valence-electron chi connectivity index (χ2n) is 11.4. The maximum atomic E-state index is 13.6. The van der Waals surface area contributed by atoms with Gasteiger partial charge in [0.25, 0.3) is 5.91 Å². The number of hydrogen-bond acceptors (Lipinski definition) is 5. The van der Waals surface area contributed by atoms with Gasteiger partial charge in [0.05, 0.1) is 6.26 Å². The number of nitrogens with one attached hydrogen (secondary N) is 2. The third kappa shape index (κ3) is 8.28. The van der Waals surface area contributed by atoms with Crippen LogP contribution in [0.1, 0.15) is 47.5 Å². The van der Waals surface area contributed by atoms with Crippen molar-refractivity contribution >= 4 is 21.8 Å². The van der Waals surface area contributed by atoms with Crippen LogP contribution in [0, 0.1) is 5.82 Å². The summed E-state index contributed by atoms with van der Waals surface area (Å²) in [5, 5.41) is 6.51. The van der Waals surface area contributed by atoms with Crippen LogP contribution in [-0.2, 0) is 14.8 Å². The van der Waals surface area contributed by atoms with Gasteiger partial charge in [-0.3, -0.25) is 9.59 Å². The Kier molecular flexibility index (Phi) is 9.90. The summed E-state index contributed by atoms with van der Waals surface area (Å²) in [6.07, 6.45) is 4.24. The van der Waals surface area contributed by atoms with Crippen LogP contribution in [0.4, 0.5) is 4.39 Å². The van der Waals surface area contributed by atoms with Crippen LogP contribution in [0.2, 0.25) is 0 Å². The summed E-state index contributed by atoms with van der Waals surface area (Å²) in [7, 11) is -3.32. The molecule has 5 rings (SSSR count). The molecule has 2 amide bonds. The molecule has 3 aromatic rings. The van der Waals surface area contributed by atoms with Gasteiger partial charge >= 0.3 is 0 Å². The van der Waals surface area contributed by atoms with Crippen molar-refractivity contribution in [2.24, 2.45) is 0 Å². The molecule has 3 aromatic carbocycles. The quantitative estimate of drug-likeness (QED) is 0.304. The molecule has 10 heteroatoms. The van der Waals surface area contributed by atoms with Crippen molar-refractivity contribution in [1.82, 2.24) is 19.8 Å². The SMILES string of the molecule is CS(=O)(=O)N1CCN(C(=O)[C@H](CCCCN[C@H]2C[C@@H]2c2ccc(F)cc2)NC(=O)c2ccc(-c3ccccc3)cc2)CC1. The van der Waals surface area contributed by atoms with Crippen molar-refractivity contribution in [2.45, 2.75) is 43.7 Å². The average Bonchev–Trinajstić information content (AvgIpc) is 3.80. The van der Waals surface area contributed by atoms with Crippen molar-refractivity contribution in [3.8, 4) is 11.1 Å². The summed E-state index contributed by atoms with van der Waals surface area (Å²) in [4.78, 5) is 28.5. The number of nitrogens with zero attached hydrogens (tertiary/aromatic N) is 2. The normalized spacial score (nSPS) is 19.5. The molecular formula is C33H39FN4O4S. The maximum Gasteiger partial charge on any atom is 0.251 e. The minimum absolute atomic E-state index is 0.186. The van der Waals surface area contributed by atoms with Gasteiger partial charge in [0.1, 0.15) is 11.9 Å². The van der Waals surface area contributed by atoms with E-state index in [9.17, 15) is 22.4 Å². The molecule has 3 atom stereocenters. The number of carbonyl (C=O) groups is 2. The van der Waals surface area contributed by atoms with Gasteiger partial charge in [0.15, 0.2) is 0 Å². The minimum Gasteiger partial charge on any atom is -0.340 e. The van der Waals surface area contributed by atoms with E-state index >= 15 is 0 Å². The molecule has 228 valence electrons. The number of hydrogen-bond donors (Lipinski definition) is 2. The number of unbranched alkanes of at least 4 members (excludes halogenated alkanes) is 1. The fourth-order valence-electron chi connectivity index (χ4n) is 5.66. The van der Waals surface area contributed by atoms with Crippen LogP contribution in [0.15, 0.2) is 78.9 Å². The van der Waals surface area contributed by atoms with E-state index in [2.05, 4.69) is 10.6 Å². The van der Waals surface area contributed by atoms with E-state index in [0.29, 0.717) is 23.9 Å². The van der Waals surface area contributed by atoms with Crippen LogP contribution in [0.5, 0.6) is 0 Å². The number of sulfonamides is 1. The Morgan fingerprint density at radius 2 is 1.53 bits per heavy atom. The molecule has 0 bridgehead atoms. The molecule has 1 saturated carbocycles. The average molecular weight is 607 g/mol. The topological polar surface area (TPSA) is 98.8 Å². The Bertz CT molecular complexity index is 1490. The molecule has 43 heavy (non-hydrogen) atoms. The number of amides is 2. The monoisotopic (exact) mass is 606 g/mol. The molecule has 1 heterocycles. The molecular weight excluding hydrogens is 567 g/mol. The molecule has 1 saturated heterocycles. The van der Waals surface area contributed by atoms with Gasteiger partial charge in [-0.2, -0.15) is 4.31 Å². The highest BCUT2D eigenvalue weighted by Gasteiger charge is 2.37. The summed E-state index contributed by atoms with van der Waals surface area (Å²) in [6.45, 7) is 1.85. The lowest BCUT2D eigenvalue weighted by Crippen LogP contribution is -2.55. The molecule has 2 fully saturated rings. The zero-order valence-electron chi connectivity index (χ0n) is 24.4. The van der Waals surface area contributed by atoms with Crippen molar-refractivity contribution < 1.29 is 22.4 Å². The molecule has 0 aromatic heterocycles. The van der Waals surface area contributed by atoms with Gasteiger partial charge in [0, 0.05) is 43.7 Å². The van der Waals surface area contributed by atoms with E-state index in [1.54, 1.807) is 17.0 Å². The molecule has 0 spiro atoms. The molecule has 2 N–H and O–H groups in total. The summed E-state index contributed by atoms with van der Waals surface area (Å²) in [6, 6.07) is 23.6. The Morgan fingerprint density at radius 3 is 2.19 bits per heavy atom. The fourth-order valence-corrected chi connectivity index (χ4v) is 6.49. The van der Waals surface area contributed by atoms with Gasteiger partial charge in [-0.1, -0.05) is 54.6 Å². The van der Waals surface area contributed by atoms with Gasteiger partial charge < -0.3 is 15.5 Å². The first-order valence-corrected chi connectivity index (χ1v) is 16.7. The third-order valence-corrected chi connectivity index (χ3v) is 9.59. The van der Waals surface area contributed by atoms with Crippen molar-refractivity contribution in [3.05, 3.63) is 95.8 Å². The first-order chi connectivity index (χ1) is 20.7. The predicted molar refractivity (Wildman–Crippen MR) is 166 cm³/mol. The summed E-state index contributed by atoms with van der Waals surface area (Å²) < 4.78 is 38.5. The zero-order valence-corrected chi connectivity index (χ0v) is 25.2. The van der Waals surface area contributed by atoms with Crippen LogP contribution in [0.25, 0.3) is 11.1 Å². The molecule has 1 aliphatic heterocycles. The van der Waals surface area contributed by atoms with Crippen LogP contribution < -0.4 is 10.6 Å². The Morgan fingerprint density at radius 1 is 0.884 bits per heavy atom. The lowest BCUT2D eigenvalue weighted by Gasteiger charge is -2.35. The highest BCUT2D eigenvalue weighted by molar-refractivity contribution is 7.88. The highest BCUT2D eigenvalue weighted by atomic mass is 32.2. The predicted octanol–water partition coefficient (Wildman–Crippen LogP) is 4.01. The van der Waals surface area contributed by atoms with Gasteiger partial charge in [-0.15, -0.1) is 0 Å². The molecule has 8 nitrogen and oxygen atoms in total. The van der Waals surface area contributed by atoms with Crippen LogP contribution >= 0.6 is 0 Å². The van der Waals surface area contributed by atoms with E-state index in [1.165, 1.54) is 22.7 Å². The summed E-state index contributed by atoms with van der Waals surface area (Å²) in [5.41, 5.74) is 3.67. The highest BCUT2D eigenvalue weighted by Crippen LogP contribution is 2.40. The van der Waals surface area contributed by atoms with Crippen molar-refractivity contribution in [2.75, 3.05) is 39.0 Å². The lowest BCUT2D eigenvalue weighted by atomic mass is 10.0. The number of rotatable bonds is 12. The standard InChI is InChI=1S/C33H39FN4O4S/c1-43(41,42)38-21-19-37(20-22-38)33(40)30(9-5-6-18-35-31-23-29(31)26-14-16-28(34)17-15-26)36-32(39)27-12-10-25(11-13-27)24-7-3-2-4-8-24/h2-4,7-8,10-17,29-31,35H,5-6,9,18-23H2,1H3,(H,36,39)/t29-,30+,31+/m1/s1. The van der Waals surface area contributed by atoms with Crippen molar-refractivity contribution in [1.29, 1.82) is 0 Å². The molecule has 0 radical (unpaired) electrons. The van der Waals surface area contributed by atoms with E-state index in [0.717, 1.165) is 42.5 Å². The Labute approximate surface area is 253 Å². The second-order valence-corrected chi connectivity index (χ2v) is 13.4. The zero-order chi connectivity index (χ0) is 30.4. The molecule has 1 aliphatic carbocycles.